The van der Waals surface area contributed by atoms with Gasteiger partial charge in [0.25, 0.3) is 0 Å². The van der Waals surface area contributed by atoms with Crippen molar-refractivity contribution in [1.82, 2.24) is 10.2 Å². The summed E-state index contributed by atoms with van der Waals surface area (Å²) in [5, 5.41) is 8.13. The molecule has 0 aliphatic heterocycles. The lowest BCUT2D eigenvalue weighted by molar-refractivity contribution is 0.111. The molecule has 1 aliphatic carbocycles. The molecule has 4 aromatic rings. The Morgan fingerprint density at radius 3 is 2.68 bits per heavy atom. The molecule has 0 amide bonds. The van der Waals surface area contributed by atoms with Gasteiger partial charge in [0.15, 0.2) is 6.29 Å². The summed E-state index contributed by atoms with van der Waals surface area (Å²) in [5.74, 6) is 0.506. The second-order valence-electron chi connectivity index (χ2n) is 7.94. The molecule has 1 aliphatic rings. The maximum absolute atomic E-state index is 14.5. The van der Waals surface area contributed by atoms with Crippen molar-refractivity contribution in [3.8, 4) is 22.6 Å². The number of carbonyl (C=O) groups excluding carboxylic acids is 1. The summed E-state index contributed by atoms with van der Waals surface area (Å²) < 4.78 is 26.6. The Kier molecular flexibility index (Phi) is 6.23. The lowest BCUT2D eigenvalue weighted by atomic mass is 9.96. The lowest BCUT2D eigenvalue weighted by Crippen LogP contribution is -2.06. The van der Waals surface area contributed by atoms with Crippen LogP contribution >= 0.6 is 11.6 Å². The third kappa shape index (κ3) is 4.37. The first-order valence-electron chi connectivity index (χ1n) is 10.9. The highest BCUT2D eigenvalue weighted by Crippen LogP contribution is 2.43. The van der Waals surface area contributed by atoms with E-state index in [0.717, 1.165) is 29.5 Å². The van der Waals surface area contributed by atoms with E-state index in [-0.39, 0.29) is 18.5 Å². The topological polar surface area (TPSA) is 61.3 Å². The van der Waals surface area contributed by atoms with Crippen LogP contribution in [0.5, 0.6) is 11.5 Å². The predicted octanol–water partition coefficient (Wildman–Crippen LogP) is 6.39. The summed E-state index contributed by atoms with van der Waals surface area (Å²) >= 11 is 6.44. The van der Waals surface area contributed by atoms with E-state index in [2.05, 4.69) is 10.2 Å². The zero-order chi connectivity index (χ0) is 23.5. The average Bonchev–Trinajstić information content (AvgIpc) is 3.28. The molecule has 0 fully saturated rings. The number of aromatic nitrogens is 2. The molecule has 0 saturated carbocycles. The van der Waals surface area contributed by atoms with Gasteiger partial charge >= 0.3 is 0 Å². The first-order valence-corrected chi connectivity index (χ1v) is 11.2. The third-order valence-electron chi connectivity index (χ3n) is 5.84. The fourth-order valence-corrected chi connectivity index (χ4v) is 4.46. The zero-order valence-electron chi connectivity index (χ0n) is 18.1. The number of nitrogens with zero attached hydrogens (tertiary/aromatic N) is 2. The summed E-state index contributed by atoms with van der Waals surface area (Å²) in [6.07, 6.45) is 3.49. The van der Waals surface area contributed by atoms with Crippen LogP contribution in [0, 0.1) is 5.82 Å². The van der Waals surface area contributed by atoms with Crippen molar-refractivity contribution in [2.24, 2.45) is 0 Å². The van der Waals surface area contributed by atoms with Crippen molar-refractivity contribution in [2.45, 2.75) is 25.6 Å². The number of carbonyl (C=O) groups is 1. The maximum atomic E-state index is 14.5. The highest BCUT2D eigenvalue weighted by Gasteiger charge is 2.28. The van der Waals surface area contributed by atoms with Gasteiger partial charge in [0.05, 0.1) is 10.6 Å². The van der Waals surface area contributed by atoms with Gasteiger partial charge in [-0.2, -0.15) is 10.2 Å². The highest BCUT2D eigenvalue weighted by atomic mass is 35.5. The summed E-state index contributed by atoms with van der Waals surface area (Å²) in [6, 6.07) is 19.3. The standard InChI is InChI=1S/C27H20ClFN2O3/c28-23-13-17(15-32)26(33-16-18-5-4-12-30-31-18)14-27(23)34-25-11-10-20-19(7-3-8-22(20)25)21-6-1-2-9-24(21)29/h1-9,12-15,25H,10-11,16H2/t25-/m0/s1. The lowest BCUT2D eigenvalue weighted by Gasteiger charge is -2.18. The van der Waals surface area contributed by atoms with Crippen molar-refractivity contribution < 1.29 is 18.7 Å². The predicted molar refractivity (Wildman–Crippen MR) is 127 cm³/mol. The number of ether oxygens (including phenoxy) is 2. The third-order valence-corrected chi connectivity index (χ3v) is 6.14. The molecule has 0 unspecified atom stereocenters. The number of hydrogen-bond donors (Lipinski definition) is 0. The molecule has 1 atom stereocenters. The molecule has 170 valence electrons. The minimum atomic E-state index is -0.255. The van der Waals surface area contributed by atoms with E-state index in [1.807, 2.05) is 24.3 Å². The molecule has 0 radical (unpaired) electrons. The Bertz CT molecular complexity index is 1350. The maximum Gasteiger partial charge on any atom is 0.153 e. The number of rotatable bonds is 7. The van der Waals surface area contributed by atoms with E-state index in [0.29, 0.717) is 39.6 Å². The van der Waals surface area contributed by atoms with Gasteiger partial charge in [0.1, 0.15) is 35.7 Å². The molecule has 1 aromatic heterocycles. The molecule has 3 aromatic carbocycles. The summed E-state index contributed by atoms with van der Waals surface area (Å²) in [6.45, 7) is 0.147. The minimum absolute atomic E-state index is 0.147. The molecule has 34 heavy (non-hydrogen) atoms. The first-order chi connectivity index (χ1) is 16.6. The number of aldehydes is 1. The second kappa shape index (κ2) is 9.61. The fourth-order valence-electron chi connectivity index (χ4n) is 4.24. The molecular formula is C27H20ClFN2O3. The number of benzene rings is 3. The van der Waals surface area contributed by atoms with E-state index in [4.69, 9.17) is 21.1 Å². The zero-order valence-corrected chi connectivity index (χ0v) is 18.8. The van der Waals surface area contributed by atoms with Crippen LogP contribution in [0.15, 0.2) is 72.9 Å². The molecule has 5 nitrogen and oxygen atoms in total. The van der Waals surface area contributed by atoms with Crippen LogP contribution in [0.3, 0.4) is 0 Å². The molecule has 7 heteroatoms. The Hall–Kier alpha value is -3.77. The fraction of sp³-hybridized carbons (Fsp3) is 0.148. The van der Waals surface area contributed by atoms with Gasteiger partial charge in [0.2, 0.25) is 0 Å². The monoisotopic (exact) mass is 474 g/mol. The minimum Gasteiger partial charge on any atom is -0.486 e. The van der Waals surface area contributed by atoms with Crippen LogP contribution in [0.4, 0.5) is 4.39 Å². The summed E-state index contributed by atoms with van der Waals surface area (Å²) in [5.41, 5.74) is 4.46. The SMILES string of the molecule is O=Cc1cc(Cl)c(O[C@H]2CCc3c(-c4ccccc4F)cccc32)cc1OCc1cccnn1. The Morgan fingerprint density at radius 1 is 1.03 bits per heavy atom. The Balaban J connectivity index is 1.42. The van der Waals surface area contributed by atoms with Gasteiger partial charge in [-0.05, 0) is 53.8 Å². The van der Waals surface area contributed by atoms with Gasteiger partial charge in [-0.1, -0.05) is 48.0 Å². The largest absolute Gasteiger partial charge is 0.486 e. The average molecular weight is 475 g/mol. The van der Waals surface area contributed by atoms with E-state index in [9.17, 15) is 9.18 Å². The first kappa shape index (κ1) is 22.0. The summed E-state index contributed by atoms with van der Waals surface area (Å²) in [7, 11) is 0. The van der Waals surface area contributed by atoms with Crippen LogP contribution in [0.25, 0.3) is 11.1 Å². The van der Waals surface area contributed by atoms with Crippen LogP contribution in [0.2, 0.25) is 5.02 Å². The van der Waals surface area contributed by atoms with Gasteiger partial charge in [-0.25, -0.2) is 4.39 Å². The van der Waals surface area contributed by atoms with E-state index in [1.54, 1.807) is 36.5 Å². The van der Waals surface area contributed by atoms with Crippen molar-refractivity contribution >= 4 is 17.9 Å². The van der Waals surface area contributed by atoms with Gasteiger partial charge in [-0.15, -0.1) is 0 Å². The van der Waals surface area contributed by atoms with Gasteiger partial charge < -0.3 is 9.47 Å². The molecule has 1 heterocycles. The second-order valence-corrected chi connectivity index (χ2v) is 8.35. The number of hydrogen-bond acceptors (Lipinski definition) is 5. The van der Waals surface area contributed by atoms with Gasteiger partial charge in [0, 0.05) is 17.8 Å². The van der Waals surface area contributed by atoms with Crippen LogP contribution < -0.4 is 9.47 Å². The molecule has 0 bridgehead atoms. The molecule has 0 N–H and O–H groups in total. The normalized spacial score (nSPS) is 14.5. The van der Waals surface area contributed by atoms with E-state index in [1.165, 1.54) is 12.1 Å². The van der Waals surface area contributed by atoms with Crippen molar-refractivity contribution in [3.05, 3.63) is 106 Å². The molecule has 0 spiro atoms. The quantitative estimate of drug-likeness (QED) is 0.290. The van der Waals surface area contributed by atoms with Crippen LogP contribution in [-0.2, 0) is 13.0 Å². The molecular weight excluding hydrogens is 455 g/mol. The Morgan fingerprint density at radius 2 is 1.88 bits per heavy atom. The van der Waals surface area contributed by atoms with Crippen LogP contribution in [-0.4, -0.2) is 16.5 Å². The van der Waals surface area contributed by atoms with Crippen molar-refractivity contribution in [1.29, 1.82) is 0 Å². The highest BCUT2D eigenvalue weighted by molar-refractivity contribution is 6.32. The molecule has 5 rings (SSSR count). The van der Waals surface area contributed by atoms with Crippen LogP contribution in [0.1, 0.15) is 39.7 Å². The van der Waals surface area contributed by atoms with Gasteiger partial charge in [-0.3, -0.25) is 4.79 Å². The smallest absolute Gasteiger partial charge is 0.153 e. The number of halogens is 2. The van der Waals surface area contributed by atoms with E-state index >= 15 is 0 Å². The van der Waals surface area contributed by atoms with Crippen molar-refractivity contribution in [3.63, 3.8) is 0 Å². The summed E-state index contributed by atoms with van der Waals surface area (Å²) in [4.78, 5) is 11.6. The van der Waals surface area contributed by atoms with E-state index < -0.39 is 0 Å². The number of fused-ring (bicyclic) bond motifs is 1. The van der Waals surface area contributed by atoms with Crippen molar-refractivity contribution in [2.75, 3.05) is 0 Å². The Labute approximate surface area is 201 Å². The molecule has 0 saturated heterocycles.